The first-order valence-corrected chi connectivity index (χ1v) is 6.20. The molecule has 2 heterocycles. The van der Waals surface area contributed by atoms with Crippen molar-refractivity contribution < 1.29 is 9.53 Å². The zero-order chi connectivity index (χ0) is 12.6. The van der Waals surface area contributed by atoms with Crippen LogP contribution in [0.2, 0.25) is 5.15 Å². The van der Waals surface area contributed by atoms with Gasteiger partial charge in [-0.2, -0.15) is 5.10 Å². The van der Waals surface area contributed by atoms with E-state index < -0.39 is 0 Å². The highest BCUT2D eigenvalue weighted by atomic mass is 35.5. The van der Waals surface area contributed by atoms with Gasteiger partial charge in [-0.1, -0.05) is 18.5 Å². The average Bonchev–Trinajstić information content (AvgIpc) is 2.78. The molecule has 0 aromatic carbocycles. The first-order valence-electron chi connectivity index (χ1n) is 5.83. The Hall–Kier alpha value is -0.870. The summed E-state index contributed by atoms with van der Waals surface area (Å²) in [5.41, 5.74) is 1.64. The van der Waals surface area contributed by atoms with Gasteiger partial charge in [0.2, 0.25) is 0 Å². The lowest BCUT2D eigenvalue weighted by molar-refractivity contribution is -0.128. The summed E-state index contributed by atoms with van der Waals surface area (Å²) in [6.07, 6.45) is 0.995. The van der Waals surface area contributed by atoms with Gasteiger partial charge in [0.1, 0.15) is 11.3 Å². The highest BCUT2D eigenvalue weighted by Crippen LogP contribution is 2.25. The lowest BCUT2D eigenvalue weighted by Crippen LogP contribution is -2.26. The average molecular weight is 257 g/mol. The van der Waals surface area contributed by atoms with Gasteiger partial charge in [-0.15, -0.1) is 0 Å². The number of carbonyl (C=O) groups is 1. The van der Waals surface area contributed by atoms with Gasteiger partial charge in [-0.3, -0.25) is 9.48 Å². The van der Waals surface area contributed by atoms with Gasteiger partial charge in [-0.25, -0.2) is 0 Å². The SMILES string of the molecule is Cc1nn(C)c(Cl)c1CC(=O)C1OCCC1C. The minimum Gasteiger partial charge on any atom is -0.370 e. The zero-order valence-corrected chi connectivity index (χ0v) is 11.1. The summed E-state index contributed by atoms with van der Waals surface area (Å²) in [5, 5.41) is 4.74. The molecule has 1 aromatic rings. The summed E-state index contributed by atoms with van der Waals surface area (Å²) in [5.74, 6) is 0.409. The molecule has 0 saturated carbocycles. The number of aromatic nitrogens is 2. The number of Topliss-reactive ketones (excluding diaryl/α,β-unsaturated/α-hetero) is 1. The van der Waals surface area contributed by atoms with Crippen LogP contribution in [0.1, 0.15) is 24.6 Å². The molecule has 0 aliphatic carbocycles. The van der Waals surface area contributed by atoms with Crippen LogP contribution in [-0.2, 0) is 23.0 Å². The Bertz CT molecular complexity index is 442. The third-order valence-corrected chi connectivity index (χ3v) is 3.80. The van der Waals surface area contributed by atoms with E-state index in [1.807, 2.05) is 13.8 Å². The number of carbonyl (C=O) groups excluding carboxylic acids is 1. The Balaban J connectivity index is 2.13. The van der Waals surface area contributed by atoms with E-state index in [1.54, 1.807) is 11.7 Å². The van der Waals surface area contributed by atoms with E-state index in [4.69, 9.17) is 16.3 Å². The second kappa shape index (κ2) is 4.78. The Morgan fingerprint density at radius 2 is 2.35 bits per heavy atom. The summed E-state index contributed by atoms with van der Waals surface area (Å²) in [4.78, 5) is 12.1. The first kappa shape index (κ1) is 12.6. The molecule has 94 valence electrons. The normalized spacial score (nSPS) is 24.2. The van der Waals surface area contributed by atoms with Gasteiger partial charge in [0, 0.05) is 25.6 Å². The molecule has 0 radical (unpaired) electrons. The van der Waals surface area contributed by atoms with E-state index in [9.17, 15) is 4.79 Å². The number of hydrogen-bond donors (Lipinski definition) is 0. The van der Waals surface area contributed by atoms with Gasteiger partial charge >= 0.3 is 0 Å². The van der Waals surface area contributed by atoms with E-state index >= 15 is 0 Å². The lowest BCUT2D eigenvalue weighted by Gasteiger charge is -2.12. The van der Waals surface area contributed by atoms with Crippen molar-refractivity contribution in [2.75, 3.05) is 6.61 Å². The molecule has 17 heavy (non-hydrogen) atoms. The Kier molecular flexibility index (Phi) is 3.54. The molecule has 0 bridgehead atoms. The fourth-order valence-electron chi connectivity index (χ4n) is 2.26. The fraction of sp³-hybridized carbons (Fsp3) is 0.667. The van der Waals surface area contributed by atoms with Gasteiger partial charge in [0.15, 0.2) is 5.78 Å². The molecule has 1 saturated heterocycles. The largest absolute Gasteiger partial charge is 0.370 e. The van der Waals surface area contributed by atoms with Crippen molar-refractivity contribution in [3.63, 3.8) is 0 Å². The van der Waals surface area contributed by atoms with Crippen molar-refractivity contribution in [2.45, 2.75) is 32.8 Å². The second-order valence-electron chi connectivity index (χ2n) is 4.68. The lowest BCUT2D eigenvalue weighted by atomic mass is 9.97. The molecule has 0 amide bonds. The standard InChI is InChI=1S/C12H17ClN2O2/c1-7-4-5-17-11(7)10(16)6-9-8(2)14-15(3)12(9)13/h7,11H,4-6H2,1-3H3. The van der Waals surface area contributed by atoms with E-state index in [-0.39, 0.29) is 11.9 Å². The maximum absolute atomic E-state index is 12.1. The molecule has 0 spiro atoms. The maximum atomic E-state index is 12.1. The number of aryl methyl sites for hydroxylation is 2. The number of rotatable bonds is 3. The Morgan fingerprint density at radius 1 is 1.65 bits per heavy atom. The summed E-state index contributed by atoms with van der Waals surface area (Å²) in [6, 6.07) is 0. The van der Waals surface area contributed by atoms with Gasteiger partial charge in [-0.05, 0) is 19.3 Å². The van der Waals surface area contributed by atoms with Gasteiger partial charge in [0.25, 0.3) is 0 Å². The number of halogens is 1. The third-order valence-electron chi connectivity index (χ3n) is 3.33. The van der Waals surface area contributed by atoms with Crippen LogP contribution < -0.4 is 0 Å². The molecule has 2 rings (SSSR count). The van der Waals surface area contributed by atoms with Crippen LogP contribution in [0.15, 0.2) is 0 Å². The predicted molar refractivity (Wildman–Crippen MR) is 65.2 cm³/mol. The molecule has 1 aliphatic rings. The summed E-state index contributed by atoms with van der Waals surface area (Å²) >= 11 is 6.11. The molecule has 1 fully saturated rings. The van der Waals surface area contributed by atoms with Crippen LogP contribution in [-0.4, -0.2) is 28.3 Å². The van der Waals surface area contributed by atoms with E-state index in [0.29, 0.717) is 24.1 Å². The fourth-order valence-corrected chi connectivity index (χ4v) is 2.50. The van der Waals surface area contributed by atoms with Crippen molar-refractivity contribution >= 4 is 17.4 Å². The second-order valence-corrected chi connectivity index (χ2v) is 5.04. The molecular weight excluding hydrogens is 240 g/mol. The van der Waals surface area contributed by atoms with Gasteiger partial charge < -0.3 is 4.74 Å². The van der Waals surface area contributed by atoms with Crippen LogP contribution in [0.5, 0.6) is 0 Å². The third kappa shape index (κ3) is 2.38. The number of nitrogens with zero attached hydrogens (tertiary/aromatic N) is 2. The van der Waals surface area contributed by atoms with E-state index in [0.717, 1.165) is 17.7 Å². The van der Waals surface area contributed by atoms with Crippen molar-refractivity contribution in [3.8, 4) is 0 Å². The van der Waals surface area contributed by atoms with Crippen LogP contribution in [0.3, 0.4) is 0 Å². The van der Waals surface area contributed by atoms with Crippen molar-refractivity contribution in [1.29, 1.82) is 0 Å². The van der Waals surface area contributed by atoms with E-state index in [2.05, 4.69) is 5.10 Å². The quantitative estimate of drug-likeness (QED) is 0.830. The molecule has 0 N–H and O–H groups in total. The van der Waals surface area contributed by atoms with Crippen LogP contribution in [0, 0.1) is 12.8 Å². The number of hydrogen-bond acceptors (Lipinski definition) is 3. The minimum atomic E-state index is -0.273. The zero-order valence-electron chi connectivity index (χ0n) is 10.4. The van der Waals surface area contributed by atoms with Crippen LogP contribution >= 0.6 is 11.6 Å². The monoisotopic (exact) mass is 256 g/mol. The minimum absolute atomic E-state index is 0.105. The topological polar surface area (TPSA) is 44.1 Å². The molecule has 2 atom stereocenters. The molecular formula is C12H17ClN2O2. The van der Waals surface area contributed by atoms with Crippen LogP contribution in [0.4, 0.5) is 0 Å². The number of ketones is 1. The molecule has 2 unspecified atom stereocenters. The molecule has 4 nitrogen and oxygen atoms in total. The van der Waals surface area contributed by atoms with Gasteiger partial charge in [0.05, 0.1) is 5.69 Å². The first-order chi connectivity index (χ1) is 8.00. The highest BCUT2D eigenvalue weighted by molar-refractivity contribution is 6.30. The summed E-state index contributed by atoms with van der Waals surface area (Å²) in [6.45, 7) is 4.60. The van der Waals surface area contributed by atoms with Crippen LogP contribution in [0.25, 0.3) is 0 Å². The highest BCUT2D eigenvalue weighted by Gasteiger charge is 2.31. The van der Waals surface area contributed by atoms with Crippen molar-refractivity contribution in [1.82, 2.24) is 9.78 Å². The molecule has 1 aromatic heterocycles. The molecule has 1 aliphatic heterocycles. The smallest absolute Gasteiger partial charge is 0.166 e. The summed E-state index contributed by atoms with van der Waals surface area (Å²) in [7, 11) is 1.78. The van der Waals surface area contributed by atoms with Crippen molar-refractivity contribution in [3.05, 3.63) is 16.4 Å². The number of ether oxygens (including phenoxy) is 1. The Morgan fingerprint density at radius 3 is 2.82 bits per heavy atom. The summed E-state index contributed by atoms with van der Waals surface area (Å²) < 4.78 is 7.06. The Labute approximate surface area is 106 Å². The maximum Gasteiger partial charge on any atom is 0.166 e. The molecule has 5 heteroatoms. The van der Waals surface area contributed by atoms with E-state index in [1.165, 1.54) is 0 Å². The van der Waals surface area contributed by atoms with Crippen molar-refractivity contribution in [2.24, 2.45) is 13.0 Å². The predicted octanol–water partition coefficient (Wildman–Crippen LogP) is 1.92.